The minimum atomic E-state index is 0.0668. The van der Waals surface area contributed by atoms with E-state index in [1.165, 1.54) is 6.42 Å². The molecule has 82 valence electrons. The largest absolute Gasteiger partial charge is 0.394 e. The number of thioether (sulfide) groups is 1. The van der Waals surface area contributed by atoms with Crippen LogP contribution in [0, 0.1) is 0 Å². The molecule has 1 N–H and O–H groups in total. The molecule has 0 radical (unpaired) electrons. The van der Waals surface area contributed by atoms with Crippen LogP contribution in [0.2, 0.25) is 0 Å². The molecule has 1 aliphatic heterocycles. The van der Waals surface area contributed by atoms with Gasteiger partial charge in [0.25, 0.3) is 0 Å². The SMILES string of the molecule is CSCC(=O)N1CCCCCC1CO. The van der Waals surface area contributed by atoms with Crippen LogP contribution in [-0.4, -0.2) is 47.1 Å². The van der Waals surface area contributed by atoms with Crippen molar-refractivity contribution >= 4 is 17.7 Å². The summed E-state index contributed by atoms with van der Waals surface area (Å²) < 4.78 is 0. The van der Waals surface area contributed by atoms with E-state index in [1.807, 2.05) is 11.2 Å². The molecule has 1 fully saturated rings. The van der Waals surface area contributed by atoms with Gasteiger partial charge in [-0.15, -0.1) is 0 Å². The fourth-order valence-electron chi connectivity index (χ4n) is 1.90. The second-order valence-electron chi connectivity index (χ2n) is 3.71. The van der Waals surface area contributed by atoms with Gasteiger partial charge in [0.15, 0.2) is 0 Å². The van der Waals surface area contributed by atoms with Crippen molar-refractivity contribution in [1.29, 1.82) is 0 Å². The maximum atomic E-state index is 11.7. The van der Waals surface area contributed by atoms with Gasteiger partial charge in [0.1, 0.15) is 0 Å². The summed E-state index contributed by atoms with van der Waals surface area (Å²) in [5.41, 5.74) is 0. The number of hydrogen-bond donors (Lipinski definition) is 1. The van der Waals surface area contributed by atoms with Crippen LogP contribution in [0.15, 0.2) is 0 Å². The van der Waals surface area contributed by atoms with Crippen molar-refractivity contribution in [3.05, 3.63) is 0 Å². The lowest BCUT2D eigenvalue weighted by atomic mass is 10.1. The summed E-state index contributed by atoms with van der Waals surface area (Å²) >= 11 is 1.55. The van der Waals surface area contributed by atoms with Gasteiger partial charge in [0, 0.05) is 6.54 Å². The molecule has 1 rings (SSSR count). The van der Waals surface area contributed by atoms with Gasteiger partial charge < -0.3 is 10.0 Å². The summed E-state index contributed by atoms with van der Waals surface area (Å²) in [6.45, 7) is 0.935. The van der Waals surface area contributed by atoms with Gasteiger partial charge in [-0.05, 0) is 19.1 Å². The molecule has 14 heavy (non-hydrogen) atoms. The molecule has 4 heteroatoms. The minimum absolute atomic E-state index is 0.0668. The first-order chi connectivity index (χ1) is 6.79. The standard InChI is InChI=1S/C10H19NO2S/c1-14-8-10(13)11-6-4-2-3-5-9(11)7-12/h9,12H,2-8H2,1H3. The highest BCUT2D eigenvalue weighted by Crippen LogP contribution is 2.17. The van der Waals surface area contributed by atoms with Crippen LogP contribution in [0.1, 0.15) is 25.7 Å². The molecule has 0 aromatic carbocycles. The summed E-state index contributed by atoms with van der Waals surface area (Å²) in [6.07, 6.45) is 6.28. The van der Waals surface area contributed by atoms with Crippen molar-refractivity contribution in [2.75, 3.05) is 25.2 Å². The van der Waals surface area contributed by atoms with Crippen LogP contribution in [0.5, 0.6) is 0 Å². The molecule has 1 saturated heterocycles. The zero-order valence-electron chi connectivity index (χ0n) is 8.74. The third-order valence-electron chi connectivity index (χ3n) is 2.68. The van der Waals surface area contributed by atoms with Gasteiger partial charge in [-0.2, -0.15) is 11.8 Å². The molecular formula is C10H19NO2S. The average Bonchev–Trinajstić information content (AvgIpc) is 2.42. The zero-order chi connectivity index (χ0) is 10.4. The van der Waals surface area contributed by atoms with E-state index in [0.717, 1.165) is 25.8 Å². The predicted octanol–water partition coefficient (Wildman–Crippen LogP) is 1.11. The van der Waals surface area contributed by atoms with Crippen LogP contribution in [-0.2, 0) is 4.79 Å². The number of rotatable bonds is 3. The number of aliphatic hydroxyl groups is 1. The number of hydrogen-bond acceptors (Lipinski definition) is 3. The lowest BCUT2D eigenvalue weighted by molar-refractivity contribution is -0.131. The van der Waals surface area contributed by atoms with Gasteiger partial charge in [0.05, 0.1) is 18.4 Å². The Balaban J connectivity index is 2.55. The molecule has 0 spiro atoms. The zero-order valence-corrected chi connectivity index (χ0v) is 9.55. The Kier molecular flexibility index (Phi) is 5.33. The highest BCUT2D eigenvalue weighted by molar-refractivity contribution is 7.99. The van der Waals surface area contributed by atoms with Gasteiger partial charge in [-0.3, -0.25) is 4.79 Å². The van der Waals surface area contributed by atoms with E-state index in [4.69, 9.17) is 0 Å². The second kappa shape index (κ2) is 6.30. The monoisotopic (exact) mass is 217 g/mol. The summed E-state index contributed by atoms with van der Waals surface area (Å²) in [5.74, 6) is 0.717. The number of likely N-dealkylation sites (tertiary alicyclic amines) is 1. The van der Waals surface area contributed by atoms with Crippen LogP contribution >= 0.6 is 11.8 Å². The lowest BCUT2D eigenvalue weighted by Gasteiger charge is -2.28. The molecule has 0 aromatic heterocycles. The summed E-state index contributed by atoms with van der Waals surface area (Å²) in [7, 11) is 0. The number of carbonyl (C=O) groups excluding carboxylic acids is 1. The van der Waals surface area contributed by atoms with Crippen molar-refractivity contribution in [3.63, 3.8) is 0 Å². The van der Waals surface area contributed by atoms with Crippen molar-refractivity contribution in [1.82, 2.24) is 4.90 Å². The Hall–Kier alpha value is -0.220. The summed E-state index contributed by atoms with van der Waals surface area (Å²) in [6, 6.07) is 0.0668. The molecule has 0 aliphatic carbocycles. The second-order valence-corrected chi connectivity index (χ2v) is 4.57. The fraction of sp³-hybridized carbons (Fsp3) is 0.900. The van der Waals surface area contributed by atoms with E-state index in [9.17, 15) is 9.90 Å². The minimum Gasteiger partial charge on any atom is -0.394 e. The maximum absolute atomic E-state index is 11.7. The normalized spacial score (nSPS) is 23.3. The summed E-state index contributed by atoms with van der Waals surface area (Å²) in [4.78, 5) is 13.6. The predicted molar refractivity (Wildman–Crippen MR) is 59.4 cm³/mol. The van der Waals surface area contributed by atoms with Crippen LogP contribution < -0.4 is 0 Å². The molecule has 3 nitrogen and oxygen atoms in total. The Morgan fingerprint density at radius 1 is 1.50 bits per heavy atom. The quantitative estimate of drug-likeness (QED) is 0.770. The highest BCUT2D eigenvalue weighted by atomic mass is 32.2. The fourth-order valence-corrected chi connectivity index (χ4v) is 2.31. The molecular weight excluding hydrogens is 198 g/mol. The number of aliphatic hydroxyl groups excluding tert-OH is 1. The first-order valence-corrected chi connectivity index (χ1v) is 6.58. The number of carbonyl (C=O) groups is 1. The molecule has 0 saturated carbocycles. The van der Waals surface area contributed by atoms with Gasteiger partial charge >= 0.3 is 0 Å². The van der Waals surface area contributed by atoms with Gasteiger partial charge in [-0.25, -0.2) is 0 Å². The first kappa shape index (κ1) is 11.9. The Labute approximate surface area is 89.9 Å². The first-order valence-electron chi connectivity index (χ1n) is 5.19. The van der Waals surface area contributed by atoms with E-state index in [1.54, 1.807) is 11.8 Å². The van der Waals surface area contributed by atoms with Crippen LogP contribution in [0.4, 0.5) is 0 Å². The van der Waals surface area contributed by atoms with E-state index in [2.05, 4.69) is 0 Å². The highest BCUT2D eigenvalue weighted by Gasteiger charge is 2.23. The van der Waals surface area contributed by atoms with E-state index in [0.29, 0.717) is 5.75 Å². The van der Waals surface area contributed by atoms with Crippen LogP contribution in [0.25, 0.3) is 0 Å². The van der Waals surface area contributed by atoms with Gasteiger partial charge in [-0.1, -0.05) is 12.8 Å². The van der Waals surface area contributed by atoms with E-state index >= 15 is 0 Å². The third-order valence-corrected chi connectivity index (χ3v) is 3.21. The topological polar surface area (TPSA) is 40.5 Å². The third kappa shape index (κ3) is 3.17. The number of amides is 1. The van der Waals surface area contributed by atoms with Crippen molar-refractivity contribution in [2.24, 2.45) is 0 Å². The number of nitrogens with zero attached hydrogens (tertiary/aromatic N) is 1. The molecule has 0 aromatic rings. The van der Waals surface area contributed by atoms with Crippen molar-refractivity contribution < 1.29 is 9.90 Å². The molecule has 1 aliphatic rings. The Morgan fingerprint density at radius 3 is 2.93 bits per heavy atom. The maximum Gasteiger partial charge on any atom is 0.232 e. The molecule has 1 unspecified atom stereocenters. The molecule has 1 amide bonds. The van der Waals surface area contributed by atoms with Crippen LogP contribution in [0.3, 0.4) is 0 Å². The van der Waals surface area contributed by atoms with E-state index < -0.39 is 0 Å². The smallest absolute Gasteiger partial charge is 0.232 e. The molecule has 1 heterocycles. The van der Waals surface area contributed by atoms with E-state index in [-0.39, 0.29) is 18.6 Å². The van der Waals surface area contributed by atoms with Crippen molar-refractivity contribution in [2.45, 2.75) is 31.7 Å². The summed E-state index contributed by atoms with van der Waals surface area (Å²) in [5, 5.41) is 9.20. The van der Waals surface area contributed by atoms with Crippen molar-refractivity contribution in [3.8, 4) is 0 Å². The Morgan fingerprint density at radius 2 is 2.29 bits per heavy atom. The van der Waals surface area contributed by atoms with Gasteiger partial charge in [0.2, 0.25) is 5.91 Å². The average molecular weight is 217 g/mol. The Bertz CT molecular complexity index is 187. The molecule has 0 bridgehead atoms. The molecule has 1 atom stereocenters. The lowest BCUT2D eigenvalue weighted by Crippen LogP contribution is -2.43.